The topological polar surface area (TPSA) is 21.3 Å². The largest absolute Gasteiger partial charge is 0.494 e. The van der Waals surface area contributed by atoms with Crippen molar-refractivity contribution in [2.24, 2.45) is 0 Å². The Hall–Kier alpha value is -0.890. The summed E-state index contributed by atoms with van der Waals surface area (Å²) >= 11 is 5.93. The molecule has 1 rings (SSSR count). The summed E-state index contributed by atoms with van der Waals surface area (Å²) in [7, 11) is 0. The molecule has 0 radical (unpaired) electrons. The fourth-order valence-corrected chi connectivity index (χ4v) is 2.08. The third kappa shape index (κ3) is 5.18. The van der Waals surface area contributed by atoms with E-state index in [1.165, 1.54) is 25.7 Å². The molecule has 1 aromatic carbocycles. The normalized spacial score (nSPS) is 10.4. The Morgan fingerprint density at radius 2 is 2.00 bits per heavy atom. The smallest absolute Gasteiger partial charge is 0.123 e. The molecule has 1 N–H and O–H groups in total. The number of anilines is 1. The Morgan fingerprint density at radius 3 is 2.67 bits per heavy atom. The number of unbranched alkanes of at least 4 members (excludes halogenated alkanes) is 3. The van der Waals surface area contributed by atoms with Gasteiger partial charge in [0.05, 0.1) is 12.5 Å². The van der Waals surface area contributed by atoms with E-state index < -0.39 is 0 Å². The Morgan fingerprint density at radius 1 is 1.17 bits per heavy atom. The first kappa shape index (κ1) is 15.2. The molecule has 0 saturated heterocycles. The van der Waals surface area contributed by atoms with Crippen LogP contribution in [-0.2, 0) is 5.88 Å². The van der Waals surface area contributed by atoms with Gasteiger partial charge in [-0.25, -0.2) is 0 Å². The molecule has 3 heteroatoms. The molecule has 0 aromatic heterocycles. The minimum absolute atomic E-state index is 0.487. The molecule has 2 nitrogen and oxygen atoms in total. The van der Waals surface area contributed by atoms with Gasteiger partial charge in [0, 0.05) is 17.8 Å². The van der Waals surface area contributed by atoms with Gasteiger partial charge in [-0.05, 0) is 31.5 Å². The molecule has 0 aliphatic heterocycles. The molecule has 102 valence electrons. The molecule has 1 aromatic rings. The van der Waals surface area contributed by atoms with E-state index in [9.17, 15) is 0 Å². The fraction of sp³-hybridized carbons (Fsp3) is 0.600. The zero-order valence-corrected chi connectivity index (χ0v) is 12.2. The van der Waals surface area contributed by atoms with Crippen molar-refractivity contribution in [1.29, 1.82) is 0 Å². The van der Waals surface area contributed by atoms with E-state index in [-0.39, 0.29) is 0 Å². The van der Waals surface area contributed by atoms with Gasteiger partial charge in [-0.15, -0.1) is 11.6 Å². The molecule has 0 spiro atoms. The number of halogens is 1. The first-order valence-corrected chi connectivity index (χ1v) is 7.40. The fourth-order valence-electron chi connectivity index (χ4n) is 1.87. The molecule has 0 heterocycles. The first-order chi connectivity index (χ1) is 8.81. The number of benzene rings is 1. The average Bonchev–Trinajstić information content (AvgIpc) is 2.40. The van der Waals surface area contributed by atoms with E-state index in [1.54, 1.807) is 0 Å². The predicted molar refractivity (Wildman–Crippen MR) is 79.8 cm³/mol. The first-order valence-electron chi connectivity index (χ1n) is 6.87. The van der Waals surface area contributed by atoms with Crippen LogP contribution in [0.3, 0.4) is 0 Å². The van der Waals surface area contributed by atoms with Crippen LogP contribution in [0.25, 0.3) is 0 Å². The monoisotopic (exact) mass is 269 g/mol. The van der Waals surface area contributed by atoms with Crippen molar-refractivity contribution in [2.75, 3.05) is 18.5 Å². The summed E-state index contributed by atoms with van der Waals surface area (Å²) in [5.41, 5.74) is 2.18. The molecule has 0 fully saturated rings. The minimum atomic E-state index is 0.487. The van der Waals surface area contributed by atoms with E-state index in [0.29, 0.717) is 12.5 Å². The molecule has 0 aliphatic carbocycles. The number of hydrogen-bond acceptors (Lipinski definition) is 2. The second kappa shape index (κ2) is 9.09. The van der Waals surface area contributed by atoms with Crippen LogP contribution in [-0.4, -0.2) is 13.2 Å². The van der Waals surface area contributed by atoms with Crippen molar-refractivity contribution < 1.29 is 4.74 Å². The van der Waals surface area contributed by atoms with Crippen LogP contribution in [0.15, 0.2) is 18.2 Å². The maximum absolute atomic E-state index is 5.93. The molecular weight excluding hydrogens is 246 g/mol. The van der Waals surface area contributed by atoms with Gasteiger partial charge in [-0.2, -0.15) is 0 Å². The summed E-state index contributed by atoms with van der Waals surface area (Å²) in [5, 5.41) is 3.43. The van der Waals surface area contributed by atoms with Gasteiger partial charge >= 0.3 is 0 Å². The summed E-state index contributed by atoms with van der Waals surface area (Å²) < 4.78 is 5.53. The van der Waals surface area contributed by atoms with Crippen molar-refractivity contribution in [3.05, 3.63) is 23.8 Å². The van der Waals surface area contributed by atoms with Crippen LogP contribution in [0, 0.1) is 0 Å². The average molecular weight is 270 g/mol. The number of ether oxygens (including phenoxy) is 1. The van der Waals surface area contributed by atoms with Crippen molar-refractivity contribution >= 4 is 17.3 Å². The van der Waals surface area contributed by atoms with Gasteiger partial charge in [-0.3, -0.25) is 0 Å². The minimum Gasteiger partial charge on any atom is -0.494 e. The van der Waals surface area contributed by atoms with E-state index >= 15 is 0 Å². The summed E-state index contributed by atoms with van der Waals surface area (Å²) in [6, 6.07) is 6.13. The number of rotatable bonds is 9. The van der Waals surface area contributed by atoms with Crippen LogP contribution < -0.4 is 10.1 Å². The highest BCUT2D eigenvalue weighted by Gasteiger charge is 2.03. The third-order valence-corrected chi connectivity index (χ3v) is 3.15. The highest BCUT2D eigenvalue weighted by atomic mass is 35.5. The van der Waals surface area contributed by atoms with Crippen LogP contribution in [0.5, 0.6) is 5.75 Å². The maximum atomic E-state index is 5.93. The summed E-state index contributed by atoms with van der Waals surface area (Å²) in [4.78, 5) is 0. The molecule has 0 saturated carbocycles. The number of hydrogen-bond donors (Lipinski definition) is 1. The van der Waals surface area contributed by atoms with Crippen molar-refractivity contribution in [3.63, 3.8) is 0 Å². The lowest BCUT2D eigenvalue weighted by atomic mass is 10.2. The maximum Gasteiger partial charge on any atom is 0.123 e. The van der Waals surface area contributed by atoms with Gasteiger partial charge in [0.1, 0.15) is 5.75 Å². The summed E-state index contributed by atoms with van der Waals surface area (Å²) in [6.07, 6.45) is 5.11. The highest BCUT2D eigenvalue weighted by molar-refractivity contribution is 6.17. The van der Waals surface area contributed by atoms with Gasteiger partial charge in [-0.1, -0.05) is 26.2 Å². The Balaban J connectivity index is 2.46. The van der Waals surface area contributed by atoms with Gasteiger partial charge in [0.15, 0.2) is 0 Å². The lowest BCUT2D eigenvalue weighted by Gasteiger charge is -2.11. The zero-order valence-electron chi connectivity index (χ0n) is 11.5. The van der Waals surface area contributed by atoms with E-state index in [1.807, 2.05) is 13.0 Å². The molecule has 0 aliphatic rings. The lowest BCUT2D eigenvalue weighted by molar-refractivity contribution is 0.337. The van der Waals surface area contributed by atoms with Gasteiger partial charge < -0.3 is 10.1 Å². The molecular formula is C15H24ClNO. The van der Waals surface area contributed by atoms with E-state index in [2.05, 4.69) is 24.4 Å². The van der Waals surface area contributed by atoms with Crippen LogP contribution in [0.2, 0.25) is 0 Å². The van der Waals surface area contributed by atoms with Crippen LogP contribution in [0.4, 0.5) is 5.69 Å². The SMILES string of the molecule is CCCCCCNc1ccc(OCC)c(CCl)c1. The predicted octanol–water partition coefficient (Wildman–Crippen LogP) is 4.82. The molecule has 0 unspecified atom stereocenters. The standard InChI is InChI=1S/C15H24ClNO/c1-3-5-6-7-10-17-14-8-9-15(18-4-2)13(11-14)12-16/h8-9,11,17H,3-7,10,12H2,1-2H3. The van der Waals surface area contributed by atoms with Crippen LogP contribution >= 0.6 is 11.6 Å². The molecule has 18 heavy (non-hydrogen) atoms. The quantitative estimate of drug-likeness (QED) is 0.513. The second-order valence-electron chi connectivity index (χ2n) is 4.38. The van der Waals surface area contributed by atoms with Crippen molar-refractivity contribution in [1.82, 2.24) is 0 Å². The van der Waals surface area contributed by atoms with Crippen molar-refractivity contribution in [2.45, 2.75) is 45.4 Å². The zero-order chi connectivity index (χ0) is 13.2. The van der Waals surface area contributed by atoms with Crippen LogP contribution in [0.1, 0.15) is 45.1 Å². The Labute approximate surface area is 116 Å². The number of alkyl halides is 1. The summed E-state index contributed by atoms with van der Waals surface area (Å²) in [6.45, 7) is 5.91. The highest BCUT2D eigenvalue weighted by Crippen LogP contribution is 2.24. The third-order valence-electron chi connectivity index (χ3n) is 2.86. The van der Waals surface area contributed by atoms with Gasteiger partial charge in [0.2, 0.25) is 0 Å². The van der Waals surface area contributed by atoms with E-state index in [0.717, 1.165) is 23.5 Å². The number of nitrogens with one attached hydrogen (secondary N) is 1. The van der Waals surface area contributed by atoms with Gasteiger partial charge in [0.25, 0.3) is 0 Å². The summed E-state index contributed by atoms with van der Waals surface area (Å²) in [5.74, 6) is 1.38. The molecule has 0 bridgehead atoms. The molecule has 0 atom stereocenters. The Bertz CT molecular complexity index is 341. The Kier molecular flexibility index (Phi) is 7.66. The van der Waals surface area contributed by atoms with Crippen molar-refractivity contribution in [3.8, 4) is 5.75 Å². The lowest BCUT2D eigenvalue weighted by Crippen LogP contribution is -2.03. The van der Waals surface area contributed by atoms with E-state index in [4.69, 9.17) is 16.3 Å². The second-order valence-corrected chi connectivity index (χ2v) is 4.64. The molecule has 0 amide bonds.